The number of hydrogen-bond acceptors (Lipinski definition) is 1. The van der Waals surface area contributed by atoms with Crippen LogP contribution in [-0.4, -0.2) is 14.4 Å². The Labute approximate surface area is 105 Å². The number of halogens is 3. The molecule has 1 aromatic carbocycles. The lowest BCUT2D eigenvalue weighted by molar-refractivity contribution is -0.137. The van der Waals surface area contributed by atoms with Crippen LogP contribution in [0.1, 0.15) is 21.5 Å². The van der Waals surface area contributed by atoms with Gasteiger partial charge in [-0.1, -0.05) is 25.6 Å². The first kappa shape index (κ1) is 14.5. The van der Waals surface area contributed by atoms with Crippen LogP contribution in [0.2, 0.25) is 19.6 Å². The van der Waals surface area contributed by atoms with E-state index in [0.29, 0.717) is 6.29 Å². The van der Waals surface area contributed by atoms with Gasteiger partial charge in [-0.3, -0.25) is 4.79 Å². The highest BCUT2D eigenvalue weighted by Gasteiger charge is 2.31. The van der Waals surface area contributed by atoms with Crippen LogP contribution in [0, 0.1) is 11.5 Å². The normalized spacial score (nSPS) is 11.7. The maximum atomic E-state index is 12.6. The van der Waals surface area contributed by atoms with E-state index in [1.807, 2.05) is 19.6 Å². The van der Waals surface area contributed by atoms with Crippen LogP contribution in [0.3, 0.4) is 0 Å². The van der Waals surface area contributed by atoms with E-state index in [-0.39, 0.29) is 11.1 Å². The molecule has 18 heavy (non-hydrogen) atoms. The molecule has 1 aromatic rings. The molecule has 0 fully saturated rings. The van der Waals surface area contributed by atoms with E-state index in [0.717, 1.165) is 12.1 Å². The Balaban J connectivity index is 3.28. The summed E-state index contributed by atoms with van der Waals surface area (Å²) in [5, 5.41) is 0. The molecule has 0 atom stereocenters. The van der Waals surface area contributed by atoms with Gasteiger partial charge < -0.3 is 0 Å². The molecule has 0 N–H and O–H groups in total. The van der Waals surface area contributed by atoms with E-state index in [9.17, 15) is 18.0 Å². The zero-order valence-electron chi connectivity index (χ0n) is 10.4. The lowest BCUT2D eigenvalue weighted by atomic mass is 10.1. The van der Waals surface area contributed by atoms with E-state index < -0.39 is 19.8 Å². The van der Waals surface area contributed by atoms with Gasteiger partial charge in [0.2, 0.25) is 0 Å². The predicted octanol–water partition coefficient (Wildman–Crippen LogP) is 3.75. The SMILES string of the molecule is C[Si](C)(C)C#Cc1cc(C=O)cc(C(F)(F)F)c1. The van der Waals surface area contributed by atoms with Gasteiger partial charge in [0.05, 0.1) is 5.56 Å². The summed E-state index contributed by atoms with van der Waals surface area (Å²) in [6.45, 7) is 5.98. The molecule has 0 aromatic heterocycles. The summed E-state index contributed by atoms with van der Waals surface area (Å²) in [4.78, 5) is 10.6. The van der Waals surface area contributed by atoms with Gasteiger partial charge in [-0.25, -0.2) is 0 Å². The molecule has 0 aliphatic rings. The molecule has 0 saturated heterocycles. The molecule has 1 nitrogen and oxygen atoms in total. The average molecular weight is 270 g/mol. The van der Waals surface area contributed by atoms with Crippen LogP contribution < -0.4 is 0 Å². The third-order valence-electron chi connectivity index (χ3n) is 2.00. The molecular weight excluding hydrogens is 257 g/mol. The van der Waals surface area contributed by atoms with Crippen molar-refractivity contribution >= 4 is 14.4 Å². The van der Waals surface area contributed by atoms with Gasteiger partial charge in [0, 0.05) is 11.1 Å². The van der Waals surface area contributed by atoms with E-state index in [4.69, 9.17) is 0 Å². The molecule has 0 amide bonds. The van der Waals surface area contributed by atoms with Crippen molar-refractivity contribution in [2.45, 2.75) is 25.8 Å². The van der Waals surface area contributed by atoms with Gasteiger partial charge in [0.15, 0.2) is 0 Å². The van der Waals surface area contributed by atoms with Crippen molar-refractivity contribution in [1.82, 2.24) is 0 Å². The molecule has 96 valence electrons. The second-order valence-corrected chi connectivity index (χ2v) is 9.71. The van der Waals surface area contributed by atoms with Crippen LogP contribution in [0.4, 0.5) is 13.2 Å². The summed E-state index contributed by atoms with van der Waals surface area (Å²) in [7, 11) is -1.66. The third kappa shape index (κ3) is 4.38. The molecule has 0 saturated carbocycles. The lowest BCUT2D eigenvalue weighted by Crippen LogP contribution is -2.16. The van der Waals surface area contributed by atoms with Crippen molar-refractivity contribution in [3.8, 4) is 11.5 Å². The number of benzene rings is 1. The van der Waals surface area contributed by atoms with E-state index in [1.54, 1.807) is 0 Å². The maximum absolute atomic E-state index is 12.6. The summed E-state index contributed by atoms with van der Waals surface area (Å²) in [6.07, 6.45) is -4.07. The highest BCUT2D eigenvalue weighted by molar-refractivity contribution is 6.83. The minimum atomic E-state index is -4.46. The first-order chi connectivity index (χ1) is 8.12. The first-order valence-electron chi connectivity index (χ1n) is 5.32. The zero-order valence-corrected chi connectivity index (χ0v) is 11.4. The number of aldehydes is 1. The average Bonchev–Trinajstić information content (AvgIpc) is 2.24. The Bertz CT molecular complexity index is 516. The zero-order chi connectivity index (χ0) is 14.0. The fraction of sp³-hybridized carbons (Fsp3) is 0.308. The highest BCUT2D eigenvalue weighted by atomic mass is 28.3. The quantitative estimate of drug-likeness (QED) is 0.431. The number of alkyl halides is 3. The first-order valence-corrected chi connectivity index (χ1v) is 8.82. The molecule has 5 heteroatoms. The van der Waals surface area contributed by atoms with Crippen molar-refractivity contribution in [2.75, 3.05) is 0 Å². The lowest BCUT2D eigenvalue weighted by Gasteiger charge is -2.08. The number of hydrogen-bond donors (Lipinski definition) is 0. The third-order valence-corrected chi connectivity index (χ3v) is 2.88. The molecule has 0 unspecified atom stereocenters. The fourth-order valence-corrected chi connectivity index (χ4v) is 1.73. The Morgan fingerprint density at radius 3 is 2.22 bits per heavy atom. The van der Waals surface area contributed by atoms with E-state index in [2.05, 4.69) is 11.5 Å². The molecule has 0 radical (unpaired) electrons. The Hall–Kier alpha value is -1.54. The minimum absolute atomic E-state index is 0.00954. The van der Waals surface area contributed by atoms with Crippen molar-refractivity contribution in [3.05, 3.63) is 34.9 Å². The Morgan fingerprint density at radius 2 is 1.78 bits per heavy atom. The second kappa shape index (κ2) is 4.98. The standard InChI is InChI=1S/C13H13F3OSi/c1-18(2,3)5-4-10-6-11(9-17)8-12(7-10)13(14,15)16/h6-9H,1-3H3. The summed E-state index contributed by atoms with van der Waals surface area (Å²) in [5.41, 5.74) is 2.35. The van der Waals surface area contributed by atoms with Gasteiger partial charge in [0.25, 0.3) is 0 Å². The smallest absolute Gasteiger partial charge is 0.298 e. The fourth-order valence-electron chi connectivity index (χ4n) is 1.22. The van der Waals surface area contributed by atoms with Gasteiger partial charge >= 0.3 is 6.18 Å². The van der Waals surface area contributed by atoms with Gasteiger partial charge in [-0.05, 0) is 18.2 Å². The van der Waals surface area contributed by atoms with Crippen molar-refractivity contribution in [2.24, 2.45) is 0 Å². The van der Waals surface area contributed by atoms with Crippen molar-refractivity contribution < 1.29 is 18.0 Å². The molecule has 0 heterocycles. The van der Waals surface area contributed by atoms with Gasteiger partial charge in [-0.2, -0.15) is 13.2 Å². The largest absolute Gasteiger partial charge is 0.416 e. The number of carbonyl (C=O) groups is 1. The molecule has 0 bridgehead atoms. The highest BCUT2D eigenvalue weighted by Crippen LogP contribution is 2.30. The van der Waals surface area contributed by atoms with Crippen molar-refractivity contribution in [3.63, 3.8) is 0 Å². The van der Waals surface area contributed by atoms with Crippen molar-refractivity contribution in [1.29, 1.82) is 0 Å². The monoisotopic (exact) mass is 270 g/mol. The Morgan fingerprint density at radius 1 is 1.17 bits per heavy atom. The molecule has 0 spiro atoms. The van der Waals surface area contributed by atoms with E-state index in [1.165, 1.54) is 6.07 Å². The topological polar surface area (TPSA) is 17.1 Å². The van der Waals surface area contributed by atoms with Crippen LogP contribution in [-0.2, 0) is 6.18 Å². The predicted molar refractivity (Wildman–Crippen MR) is 67.1 cm³/mol. The number of carbonyl (C=O) groups excluding carboxylic acids is 1. The van der Waals surface area contributed by atoms with Crippen LogP contribution in [0.5, 0.6) is 0 Å². The molecule has 0 aliphatic carbocycles. The van der Waals surface area contributed by atoms with Crippen LogP contribution in [0.25, 0.3) is 0 Å². The molecule has 0 aliphatic heterocycles. The summed E-state index contributed by atoms with van der Waals surface area (Å²) in [5.74, 6) is 2.72. The summed E-state index contributed by atoms with van der Waals surface area (Å²) >= 11 is 0. The maximum Gasteiger partial charge on any atom is 0.416 e. The Kier molecular flexibility index (Phi) is 4.02. The van der Waals surface area contributed by atoms with Gasteiger partial charge in [0.1, 0.15) is 14.4 Å². The summed E-state index contributed by atoms with van der Waals surface area (Å²) < 4.78 is 37.8. The minimum Gasteiger partial charge on any atom is -0.298 e. The van der Waals surface area contributed by atoms with Gasteiger partial charge in [-0.15, -0.1) is 5.54 Å². The second-order valence-electron chi connectivity index (χ2n) is 4.96. The van der Waals surface area contributed by atoms with Crippen LogP contribution in [0.15, 0.2) is 18.2 Å². The van der Waals surface area contributed by atoms with Crippen LogP contribution >= 0.6 is 0 Å². The molecule has 1 rings (SSSR count). The molecular formula is C13H13F3OSi. The summed E-state index contributed by atoms with van der Waals surface area (Å²) in [6, 6.07) is 3.17. The number of rotatable bonds is 1. The van der Waals surface area contributed by atoms with E-state index >= 15 is 0 Å².